The van der Waals surface area contributed by atoms with Gasteiger partial charge in [-0.25, -0.2) is 0 Å². The highest BCUT2D eigenvalue weighted by atomic mass is 35.5. The summed E-state index contributed by atoms with van der Waals surface area (Å²) in [5.41, 5.74) is 0.726. The van der Waals surface area contributed by atoms with Gasteiger partial charge in [0.25, 0.3) is 0 Å². The number of carbonyl (C=O) groups excluding carboxylic acids is 1. The summed E-state index contributed by atoms with van der Waals surface area (Å²) in [6.45, 7) is 1.83. The first kappa shape index (κ1) is 17.4. The third kappa shape index (κ3) is 5.01. The van der Waals surface area contributed by atoms with E-state index in [1.165, 1.54) is 6.26 Å². The van der Waals surface area contributed by atoms with Crippen molar-refractivity contribution < 1.29 is 19.1 Å². The minimum absolute atomic E-state index is 0.156. The van der Waals surface area contributed by atoms with Gasteiger partial charge in [-0.05, 0) is 36.8 Å². The van der Waals surface area contributed by atoms with Crippen molar-refractivity contribution in [1.29, 1.82) is 0 Å². The Labute approximate surface area is 140 Å². The van der Waals surface area contributed by atoms with Crippen LogP contribution >= 0.6 is 11.6 Å². The van der Waals surface area contributed by atoms with Crippen LogP contribution in [-0.4, -0.2) is 24.2 Å². The molecule has 2 rings (SSSR count). The van der Waals surface area contributed by atoms with Crippen LogP contribution in [0.5, 0.6) is 5.75 Å². The number of aliphatic hydroxyl groups excluding tert-OH is 1. The van der Waals surface area contributed by atoms with E-state index in [-0.39, 0.29) is 18.4 Å². The Balaban J connectivity index is 1.86. The van der Waals surface area contributed by atoms with Crippen LogP contribution in [0.25, 0.3) is 0 Å². The molecule has 23 heavy (non-hydrogen) atoms. The van der Waals surface area contributed by atoms with Gasteiger partial charge in [-0.3, -0.25) is 4.79 Å². The fraction of sp³-hybridized carbons (Fsp3) is 0.353. The quantitative estimate of drug-likeness (QED) is 0.814. The monoisotopic (exact) mass is 337 g/mol. The van der Waals surface area contributed by atoms with E-state index in [2.05, 4.69) is 5.32 Å². The first-order chi connectivity index (χ1) is 11.0. The molecule has 1 aromatic heterocycles. The predicted molar refractivity (Wildman–Crippen MR) is 87.6 cm³/mol. The molecule has 1 heterocycles. The number of furan rings is 1. The first-order valence-electron chi connectivity index (χ1n) is 7.33. The molecule has 0 fully saturated rings. The van der Waals surface area contributed by atoms with E-state index in [9.17, 15) is 9.90 Å². The molecular formula is C17H20ClNO4. The molecule has 1 aromatic carbocycles. The molecule has 5 nitrogen and oxygen atoms in total. The van der Waals surface area contributed by atoms with Gasteiger partial charge >= 0.3 is 0 Å². The fourth-order valence-corrected chi connectivity index (χ4v) is 2.53. The summed E-state index contributed by atoms with van der Waals surface area (Å²) in [6.07, 6.45) is 1.30. The van der Waals surface area contributed by atoms with Crippen LogP contribution in [0.3, 0.4) is 0 Å². The molecule has 1 amide bonds. The summed E-state index contributed by atoms with van der Waals surface area (Å²) in [4.78, 5) is 12.1. The van der Waals surface area contributed by atoms with Crippen LogP contribution in [0.2, 0.25) is 5.02 Å². The number of methoxy groups -OCH3 is 1. The number of aliphatic hydroxyl groups is 1. The van der Waals surface area contributed by atoms with Crippen molar-refractivity contribution >= 4 is 17.5 Å². The Morgan fingerprint density at radius 2 is 2.22 bits per heavy atom. The maximum Gasteiger partial charge on any atom is 0.224 e. The molecule has 0 radical (unpaired) electrons. The van der Waals surface area contributed by atoms with Gasteiger partial charge in [0, 0.05) is 17.5 Å². The van der Waals surface area contributed by atoms with Gasteiger partial charge in [0.15, 0.2) is 0 Å². The molecule has 0 saturated carbocycles. The molecule has 6 heteroatoms. The highest BCUT2D eigenvalue weighted by Crippen LogP contribution is 2.23. The lowest BCUT2D eigenvalue weighted by Crippen LogP contribution is -2.34. The maximum atomic E-state index is 12.1. The molecule has 0 saturated heterocycles. The molecule has 2 N–H and O–H groups in total. The molecule has 0 spiro atoms. The van der Waals surface area contributed by atoms with Crippen molar-refractivity contribution in [3.63, 3.8) is 0 Å². The molecule has 2 aromatic rings. The van der Waals surface area contributed by atoms with Crippen molar-refractivity contribution in [3.05, 3.63) is 52.9 Å². The van der Waals surface area contributed by atoms with Crippen LogP contribution in [-0.2, 0) is 11.2 Å². The molecule has 2 atom stereocenters. The number of benzene rings is 1. The number of ether oxygens (including phenoxy) is 1. The second kappa shape index (κ2) is 8.04. The summed E-state index contributed by atoms with van der Waals surface area (Å²) in [5.74, 6) is 0.981. The van der Waals surface area contributed by atoms with Crippen LogP contribution < -0.4 is 10.1 Å². The molecule has 124 valence electrons. The van der Waals surface area contributed by atoms with Crippen molar-refractivity contribution in [2.24, 2.45) is 0 Å². The SMILES string of the molecule is COc1ccc(CC(=O)NC(C)CC(O)c2ccco2)c(Cl)c1. The van der Waals surface area contributed by atoms with Gasteiger partial charge in [0.1, 0.15) is 17.6 Å². The smallest absolute Gasteiger partial charge is 0.224 e. The average Bonchev–Trinajstić information content (AvgIpc) is 3.03. The van der Waals surface area contributed by atoms with Gasteiger partial charge < -0.3 is 19.6 Å². The normalized spacial score (nSPS) is 13.4. The largest absolute Gasteiger partial charge is 0.497 e. The van der Waals surface area contributed by atoms with E-state index in [0.717, 1.165) is 5.56 Å². The number of halogens is 1. The summed E-state index contributed by atoms with van der Waals surface area (Å²) in [6, 6.07) is 8.43. The predicted octanol–water partition coefficient (Wildman–Crippen LogP) is 3.11. The lowest BCUT2D eigenvalue weighted by Gasteiger charge is -2.17. The number of hydrogen-bond donors (Lipinski definition) is 2. The van der Waals surface area contributed by atoms with Crippen molar-refractivity contribution in [1.82, 2.24) is 5.32 Å². The highest BCUT2D eigenvalue weighted by molar-refractivity contribution is 6.31. The zero-order valence-corrected chi connectivity index (χ0v) is 13.8. The van der Waals surface area contributed by atoms with Gasteiger partial charge in [0.05, 0.1) is 19.8 Å². The number of nitrogens with one attached hydrogen (secondary N) is 1. The van der Waals surface area contributed by atoms with E-state index >= 15 is 0 Å². The van der Waals surface area contributed by atoms with Crippen LogP contribution in [0.1, 0.15) is 30.8 Å². The van der Waals surface area contributed by atoms with Crippen LogP contribution in [0.15, 0.2) is 41.0 Å². The number of hydrogen-bond acceptors (Lipinski definition) is 4. The Bertz CT molecular complexity index is 642. The van der Waals surface area contributed by atoms with E-state index in [0.29, 0.717) is 23.0 Å². The lowest BCUT2D eigenvalue weighted by molar-refractivity contribution is -0.121. The van der Waals surface area contributed by atoms with Gasteiger partial charge in [0.2, 0.25) is 5.91 Å². The molecule has 0 aliphatic heterocycles. The van der Waals surface area contributed by atoms with Crippen molar-refractivity contribution in [2.45, 2.75) is 31.9 Å². The van der Waals surface area contributed by atoms with Crippen molar-refractivity contribution in [2.75, 3.05) is 7.11 Å². The summed E-state index contributed by atoms with van der Waals surface area (Å²) < 4.78 is 10.2. The minimum Gasteiger partial charge on any atom is -0.497 e. The average molecular weight is 338 g/mol. The summed E-state index contributed by atoms with van der Waals surface area (Å²) >= 11 is 6.13. The van der Waals surface area contributed by atoms with E-state index in [4.69, 9.17) is 20.8 Å². The zero-order chi connectivity index (χ0) is 16.8. The molecule has 0 aliphatic rings. The Hall–Kier alpha value is -1.98. The standard InChI is InChI=1S/C17H20ClNO4/c1-11(8-15(20)16-4-3-7-23-16)19-17(21)9-12-5-6-13(22-2)10-14(12)18/h3-7,10-11,15,20H,8-9H2,1-2H3,(H,19,21). The van der Waals surface area contributed by atoms with Crippen molar-refractivity contribution in [3.8, 4) is 5.75 Å². The Morgan fingerprint density at radius 1 is 1.43 bits per heavy atom. The second-order valence-corrected chi connectivity index (χ2v) is 5.78. The van der Waals surface area contributed by atoms with Crippen LogP contribution in [0, 0.1) is 0 Å². The van der Waals surface area contributed by atoms with Gasteiger partial charge in [-0.2, -0.15) is 0 Å². The minimum atomic E-state index is -0.745. The third-order valence-electron chi connectivity index (χ3n) is 3.47. The molecular weight excluding hydrogens is 318 g/mol. The summed E-state index contributed by atoms with van der Waals surface area (Å²) in [5, 5.41) is 13.3. The first-order valence-corrected chi connectivity index (χ1v) is 7.70. The van der Waals surface area contributed by atoms with E-state index in [1.54, 1.807) is 37.4 Å². The number of carbonyl (C=O) groups is 1. The van der Waals surface area contributed by atoms with Gasteiger partial charge in [-0.1, -0.05) is 17.7 Å². The number of rotatable bonds is 7. The third-order valence-corrected chi connectivity index (χ3v) is 3.82. The van der Waals surface area contributed by atoms with Crippen LogP contribution in [0.4, 0.5) is 0 Å². The summed E-state index contributed by atoms with van der Waals surface area (Å²) in [7, 11) is 1.56. The zero-order valence-electron chi connectivity index (χ0n) is 13.1. The maximum absolute atomic E-state index is 12.1. The van der Waals surface area contributed by atoms with E-state index < -0.39 is 6.10 Å². The number of amides is 1. The lowest BCUT2D eigenvalue weighted by atomic mass is 10.1. The van der Waals surface area contributed by atoms with E-state index in [1.807, 2.05) is 6.92 Å². The molecule has 0 aliphatic carbocycles. The topological polar surface area (TPSA) is 71.7 Å². The molecule has 2 unspecified atom stereocenters. The fourth-order valence-electron chi connectivity index (χ4n) is 2.29. The highest BCUT2D eigenvalue weighted by Gasteiger charge is 2.17. The Morgan fingerprint density at radius 3 is 2.83 bits per heavy atom. The van der Waals surface area contributed by atoms with Gasteiger partial charge in [-0.15, -0.1) is 0 Å². The molecule has 0 bridgehead atoms. The Kier molecular flexibility index (Phi) is 6.07. The second-order valence-electron chi connectivity index (χ2n) is 5.37.